The van der Waals surface area contributed by atoms with E-state index in [1.165, 1.54) is 23.1 Å². The molecular weight excluding hydrogens is 225 g/mol. The van der Waals surface area contributed by atoms with E-state index in [2.05, 4.69) is 0 Å². The molecule has 0 spiro atoms. The fraction of sp³-hybridized carbons (Fsp3) is 0.273. The van der Waals surface area contributed by atoms with Crippen molar-refractivity contribution in [2.24, 2.45) is 5.73 Å². The fourth-order valence-electron chi connectivity index (χ4n) is 1.15. The van der Waals surface area contributed by atoms with E-state index in [1.54, 1.807) is 14.1 Å². The van der Waals surface area contributed by atoms with Crippen LogP contribution in [0.5, 0.6) is 5.75 Å². The molecule has 92 valence electrons. The molecule has 0 heterocycles. The van der Waals surface area contributed by atoms with Crippen LogP contribution in [0.25, 0.3) is 0 Å². The fourth-order valence-corrected chi connectivity index (χ4v) is 1.15. The highest BCUT2D eigenvalue weighted by molar-refractivity contribution is 5.98. The number of hydrogen-bond acceptors (Lipinski definition) is 3. The first kappa shape index (κ1) is 13.0. The summed E-state index contributed by atoms with van der Waals surface area (Å²) in [6, 6.07) is 4.07. The molecule has 0 atom stereocenters. The monoisotopic (exact) mass is 239 g/mol. The zero-order valence-electron chi connectivity index (χ0n) is 9.66. The van der Waals surface area contributed by atoms with Crippen LogP contribution in [0.1, 0.15) is 5.56 Å². The average molecular weight is 239 g/mol. The van der Waals surface area contributed by atoms with Crippen LogP contribution in [-0.2, 0) is 4.79 Å². The number of halogens is 1. The Hall–Kier alpha value is -2.11. The number of nitrogen functional groups attached to an aromatic ring is 1. The van der Waals surface area contributed by atoms with Gasteiger partial charge in [-0.15, -0.1) is 0 Å². The lowest BCUT2D eigenvalue weighted by atomic mass is 10.1. The Morgan fingerprint density at radius 1 is 1.53 bits per heavy atom. The number of nitrogens with two attached hydrogens (primary N) is 1. The number of likely N-dealkylation sites (N-methyl/N-ethyl adjacent to an activating group) is 1. The van der Waals surface area contributed by atoms with Crippen LogP contribution in [0.4, 0.5) is 4.39 Å². The molecule has 0 aromatic heterocycles. The van der Waals surface area contributed by atoms with Crippen molar-refractivity contribution in [3.05, 3.63) is 29.6 Å². The molecule has 1 amide bonds. The maximum atomic E-state index is 13.4. The van der Waals surface area contributed by atoms with Gasteiger partial charge in [0.25, 0.3) is 5.91 Å². The van der Waals surface area contributed by atoms with Crippen molar-refractivity contribution in [1.82, 2.24) is 4.90 Å². The van der Waals surface area contributed by atoms with Crippen molar-refractivity contribution in [1.29, 1.82) is 5.41 Å². The minimum Gasteiger partial charge on any atom is -0.483 e. The van der Waals surface area contributed by atoms with Gasteiger partial charge in [0.1, 0.15) is 17.4 Å². The molecule has 1 rings (SSSR count). The number of amidine groups is 1. The molecule has 1 aromatic carbocycles. The van der Waals surface area contributed by atoms with E-state index in [4.69, 9.17) is 15.9 Å². The molecule has 0 aliphatic carbocycles. The molecule has 0 radical (unpaired) electrons. The zero-order valence-corrected chi connectivity index (χ0v) is 9.66. The third-order valence-electron chi connectivity index (χ3n) is 2.09. The number of hydrogen-bond donors (Lipinski definition) is 2. The van der Waals surface area contributed by atoms with E-state index in [-0.39, 0.29) is 23.8 Å². The number of rotatable bonds is 4. The number of ether oxygens (including phenoxy) is 1. The molecule has 17 heavy (non-hydrogen) atoms. The first-order chi connectivity index (χ1) is 7.93. The molecule has 0 aliphatic heterocycles. The van der Waals surface area contributed by atoms with Gasteiger partial charge in [0.15, 0.2) is 6.61 Å². The third kappa shape index (κ3) is 3.17. The Bertz CT molecular complexity index is 446. The van der Waals surface area contributed by atoms with Crippen LogP contribution in [0, 0.1) is 11.2 Å². The minimum atomic E-state index is -0.646. The Balaban J connectivity index is 2.88. The number of carbonyl (C=O) groups excluding carboxylic acids is 1. The van der Waals surface area contributed by atoms with E-state index >= 15 is 0 Å². The quantitative estimate of drug-likeness (QED) is 0.595. The molecule has 0 aliphatic rings. The van der Waals surface area contributed by atoms with Crippen molar-refractivity contribution < 1.29 is 13.9 Å². The van der Waals surface area contributed by atoms with E-state index < -0.39 is 11.7 Å². The summed E-state index contributed by atoms with van der Waals surface area (Å²) in [5, 5.41) is 7.25. The van der Waals surface area contributed by atoms with Gasteiger partial charge in [0.2, 0.25) is 0 Å². The Kier molecular flexibility index (Phi) is 4.03. The third-order valence-corrected chi connectivity index (χ3v) is 2.09. The summed E-state index contributed by atoms with van der Waals surface area (Å²) in [4.78, 5) is 12.7. The molecule has 0 saturated carbocycles. The van der Waals surface area contributed by atoms with Crippen molar-refractivity contribution in [3.8, 4) is 5.75 Å². The van der Waals surface area contributed by atoms with E-state index in [1.807, 2.05) is 0 Å². The van der Waals surface area contributed by atoms with Gasteiger partial charge in [-0.3, -0.25) is 10.2 Å². The molecule has 6 heteroatoms. The zero-order chi connectivity index (χ0) is 13.0. The maximum Gasteiger partial charge on any atom is 0.259 e. The standard InChI is InChI=1S/C11H14FN3O2/c1-15(2)9(16)6-17-8-5-3-4-7(12)10(8)11(13)14/h3-5H,6H2,1-2H3,(H3,13,14). The Labute approximate surface area is 98.5 Å². The van der Waals surface area contributed by atoms with Crippen LogP contribution < -0.4 is 10.5 Å². The van der Waals surface area contributed by atoms with Crippen molar-refractivity contribution in [3.63, 3.8) is 0 Å². The van der Waals surface area contributed by atoms with Crippen LogP contribution in [0.2, 0.25) is 0 Å². The lowest BCUT2D eigenvalue weighted by Crippen LogP contribution is -2.28. The molecule has 3 N–H and O–H groups in total. The molecule has 0 fully saturated rings. The van der Waals surface area contributed by atoms with Gasteiger partial charge in [0.05, 0.1) is 5.56 Å². The van der Waals surface area contributed by atoms with Crippen LogP contribution >= 0.6 is 0 Å². The largest absolute Gasteiger partial charge is 0.483 e. The van der Waals surface area contributed by atoms with Crippen molar-refractivity contribution in [2.75, 3.05) is 20.7 Å². The molecule has 1 aromatic rings. The number of nitrogens with one attached hydrogen (secondary N) is 1. The average Bonchev–Trinajstić information content (AvgIpc) is 2.24. The van der Waals surface area contributed by atoms with E-state index in [0.717, 1.165) is 0 Å². The van der Waals surface area contributed by atoms with Gasteiger partial charge < -0.3 is 15.4 Å². The first-order valence-electron chi connectivity index (χ1n) is 4.89. The van der Waals surface area contributed by atoms with Crippen molar-refractivity contribution >= 4 is 11.7 Å². The summed E-state index contributed by atoms with van der Waals surface area (Å²) in [6.07, 6.45) is 0. The van der Waals surface area contributed by atoms with Crippen LogP contribution in [0.15, 0.2) is 18.2 Å². The number of benzene rings is 1. The molecule has 0 saturated heterocycles. The van der Waals surface area contributed by atoms with Gasteiger partial charge in [-0.25, -0.2) is 4.39 Å². The van der Waals surface area contributed by atoms with E-state index in [9.17, 15) is 9.18 Å². The van der Waals surface area contributed by atoms with Crippen molar-refractivity contribution in [2.45, 2.75) is 0 Å². The molecule has 0 bridgehead atoms. The van der Waals surface area contributed by atoms with Gasteiger partial charge >= 0.3 is 0 Å². The summed E-state index contributed by atoms with van der Waals surface area (Å²) in [6.45, 7) is -0.225. The Morgan fingerprint density at radius 3 is 2.71 bits per heavy atom. The normalized spacial score (nSPS) is 9.82. The lowest BCUT2D eigenvalue weighted by Gasteiger charge is -2.13. The van der Waals surface area contributed by atoms with Crippen LogP contribution in [-0.4, -0.2) is 37.3 Å². The second kappa shape index (κ2) is 5.29. The second-order valence-corrected chi connectivity index (χ2v) is 3.60. The van der Waals surface area contributed by atoms with Gasteiger partial charge in [0, 0.05) is 14.1 Å². The summed E-state index contributed by atoms with van der Waals surface area (Å²) < 4.78 is 18.5. The predicted octanol–water partition coefficient (Wildman–Crippen LogP) is 0.577. The Morgan fingerprint density at radius 2 is 2.18 bits per heavy atom. The van der Waals surface area contributed by atoms with Gasteiger partial charge in [-0.2, -0.15) is 0 Å². The predicted molar refractivity (Wildman–Crippen MR) is 61.6 cm³/mol. The highest BCUT2D eigenvalue weighted by atomic mass is 19.1. The maximum absolute atomic E-state index is 13.4. The van der Waals surface area contributed by atoms with Gasteiger partial charge in [-0.05, 0) is 12.1 Å². The summed E-state index contributed by atoms with van der Waals surface area (Å²) in [7, 11) is 3.17. The number of nitrogens with zero attached hydrogens (tertiary/aromatic N) is 1. The highest BCUT2D eigenvalue weighted by Crippen LogP contribution is 2.20. The molecule has 5 nitrogen and oxygen atoms in total. The molecule has 0 unspecified atom stereocenters. The summed E-state index contributed by atoms with van der Waals surface area (Å²) in [5.74, 6) is -1.25. The number of amides is 1. The van der Waals surface area contributed by atoms with E-state index in [0.29, 0.717) is 0 Å². The SMILES string of the molecule is CN(C)C(=O)COc1cccc(F)c1C(=N)N. The van der Waals surface area contributed by atoms with Gasteiger partial charge in [-0.1, -0.05) is 6.07 Å². The summed E-state index contributed by atoms with van der Waals surface area (Å²) >= 11 is 0. The highest BCUT2D eigenvalue weighted by Gasteiger charge is 2.14. The lowest BCUT2D eigenvalue weighted by molar-refractivity contribution is -0.130. The minimum absolute atomic E-state index is 0.0905. The number of carbonyl (C=O) groups is 1. The smallest absolute Gasteiger partial charge is 0.259 e. The van der Waals surface area contributed by atoms with Crippen LogP contribution in [0.3, 0.4) is 0 Å². The first-order valence-corrected chi connectivity index (χ1v) is 4.89. The topological polar surface area (TPSA) is 79.4 Å². The second-order valence-electron chi connectivity index (χ2n) is 3.60. The summed E-state index contributed by atoms with van der Waals surface area (Å²) in [5.41, 5.74) is 5.12. The molecular formula is C11H14FN3O2.